The molecule has 18 heavy (non-hydrogen) atoms. The number of hydrogen-bond donors (Lipinski definition) is 2. The van der Waals surface area contributed by atoms with E-state index in [0.717, 1.165) is 0 Å². The zero-order valence-corrected chi connectivity index (χ0v) is 11.2. The normalized spacial score (nSPS) is 10.9. The molecule has 0 saturated heterocycles. The second-order valence-corrected chi connectivity index (χ2v) is 4.78. The van der Waals surface area contributed by atoms with Gasteiger partial charge < -0.3 is 20.5 Å². The molecule has 1 rings (SSSR count). The molecule has 0 heterocycles. The number of rotatable bonds is 5. The SMILES string of the molecule is COc1ccc(NC(=O)CC(C)(C)N)cc1OC. The van der Waals surface area contributed by atoms with E-state index in [-0.39, 0.29) is 12.3 Å². The average Bonchev–Trinajstić information content (AvgIpc) is 2.26. The molecule has 0 unspecified atom stereocenters. The standard InChI is InChI=1S/C13H20N2O3/c1-13(2,14)8-12(16)15-9-5-6-10(17-3)11(7-9)18-4/h5-7H,8,14H2,1-4H3,(H,15,16). The first-order valence-corrected chi connectivity index (χ1v) is 5.66. The van der Waals surface area contributed by atoms with Crippen molar-refractivity contribution < 1.29 is 14.3 Å². The van der Waals surface area contributed by atoms with Crippen molar-refractivity contribution in [1.29, 1.82) is 0 Å². The lowest BCUT2D eigenvalue weighted by Gasteiger charge is -2.18. The van der Waals surface area contributed by atoms with Crippen LogP contribution in [0.4, 0.5) is 5.69 Å². The Bertz CT molecular complexity index is 425. The molecule has 0 aromatic heterocycles. The van der Waals surface area contributed by atoms with E-state index in [0.29, 0.717) is 17.2 Å². The molecule has 0 fully saturated rings. The van der Waals surface area contributed by atoms with E-state index in [2.05, 4.69) is 5.32 Å². The lowest BCUT2D eigenvalue weighted by molar-refractivity contribution is -0.117. The molecule has 0 aliphatic carbocycles. The van der Waals surface area contributed by atoms with Crippen molar-refractivity contribution in [2.24, 2.45) is 5.73 Å². The van der Waals surface area contributed by atoms with Crippen LogP contribution < -0.4 is 20.5 Å². The third-order valence-corrected chi connectivity index (χ3v) is 2.28. The van der Waals surface area contributed by atoms with Crippen molar-refractivity contribution in [2.45, 2.75) is 25.8 Å². The Morgan fingerprint density at radius 3 is 2.39 bits per heavy atom. The molecule has 0 radical (unpaired) electrons. The molecular weight excluding hydrogens is 232 g/mol. The van der Waals surface area contributed by atoms with Gasteiger partial charge in [-0.15, -0.1) is 0 Å². The first-order valence-electron chi connectivity index (χ1n) is 5.66. The first kappa shape index (κ1) is 14.3. The number of carbonyl (C=O) groups is 1. The number of hydrogen-bond acceptors (Lipinski definition) is 4. The molecule has 0 spiro atoms. The number of carbonyl (C=O) groups excluding carboxylic acids is 1. The summed E-state index contributed by atoms with van der Waals surface area (Å²) in [7, 11) is 3.11. The zero-order chi connectivity index (χ0) is 13.8. The van der Waals surface area contributed by atoms with Crippen LogP contribution in [0.25, 0.3) is 0 Å². The molecule has 5 heteroatoms. The van der Waals surface area contributed by atoms with Crippen molar-refractivity contribution in [2.75, 3.05) is 19.5 Å². The van der Waals surface area contributed by atoms with Crippen molar-refractivity contribution in [1.82, 2.24) is 0 Å². The van der Waals surface area contributed by atoms with Crippen LogP contribution >= 0.6 is 0 Å². The number of anilines is 1. The lowest BCUT2D eigenvalue weighted by atomic mass is 10.0. The monoisotopic (exact) mass is 252 g/mol. The Morgan fingerprint density at radius 1 is 1.28 bits per heavy atom. The average molecular weight is 252 g/mol. The highest BCUT2D eigenvalue weighted by Gasteiger charge is 2.16. The predicted octanol–water partition coefficient (Wildman–Crippen LogP) is 1.77. The summed E-state index contributed by atoms with van der Waals surface area (Å²) in [5.74, 6) is 1.06. The Balaban J connectivity index is 2.76. The van der Waals surface area contributed by atoms with Gasteiger partial charge in [0.1, 0.15) is 0 Å². The molecular formula is C13H20N2O3. The number of nitrogens with one attached hydrogen (secondary N) is 1. The summed E-state index contributed by atoms with van der Waals surface area (Å²) in [6, 6.07) is 5.20. The topological polar surface area (TPSA) is 73.6 Å². The van der Waals surface area contributed by atoms with Gasteiger partial charge in [-0.05, 0) is 26.0 Å². The Kier molecular flexibility index (Phi) is 4.55. The summed E-state index contributed by atoms with van der Waals surface area (Å²) in [5, 5.41) is 2.77. The maximum Gasteiger partial charge on any atom is 0.226 e. The first-order chi connectivity index (χ1) is 8.35. The van der Waals surface area contributed by atoms with Gasteiger partial charge in [-0.3, -0.25) is 4.79 Å². The van der Waals surface area contributed by atoms with Gasteiger partial charge in [-0.1, -0.05) is 0 Å². The molecule has 0 saturated carbocycles. The summed E-state index contributed by atoms with van der Waals surface area (Å²) in [4.78, 5) is 11.7. The van der Waals surface area contributed by atoms with Gasteiger partial charge in [0.2, 0.25) is 5.91 Å². The fraction of sp³-hybridized carbons (Fsp3) is 0.462. The second-order valence-electron chi connectivity index (χ2n) is 4.78. The summed E-state index contributed by atoms with van der Waals surface area (Å²) in [6.07, 6.45) is 0.251. The number of benzene rings is 1. The van der Waals surface area contributed by atoms with E-state index in [4.69, 9.17) is 15.2 Å². The largest absolute Gasteiger partial charge is 0.493 e. The Morgan fingerprint density at radius 2 is 1.89 bits per heavy atom. The van der Waals surface area contributed by atoms with Crippen LogP contribution in [-0.4, -0.2) is 25.7 Å². The molecule has 3 N–H and O–H groups in total. The quantitative estimate of drug-likeness (QED) is 0.837. The van der Waals surface area contributed by atoms with E-state index < -0.39 is 5.54 Å². The van der Waals surface area contributed by atoms with Crippen LogP contribution in [-0.2, 0) is 4.79 Å². The van der Waals surface area contributed by atoms with Gasteiger partial charge in [0.25, 0.3) is 0 Å². The van der Waals surface area contributed by atoms with Crippen LogP contribution in [0.2, 0.25) is 0 Å². The Hall–Kier alpha value is -1.75. The zero-order valence-electron chi connectivity index (χ0n) is 11.2. The Labute approximate surface area is 107 Å². The lowest BCUT2D eigenvalue weighted by Crippen LogP contribution is -2.36. The highest BCUT2D eigenvalue weighted by atomic mass is 16.5. The maximum absolute atomic E-state index is 11.7. The van der Waals surface area contributed by atoms with Gasteiger partial charge in [-0.25, -0.2) is 0 Å². The van der Waals surface area contributed by atoms with E-state index >= 15 is 0 Å². The van der Waals surface area contributed by atoms with Gasteiger partial charge in [0.15, 0.2) is 11.5 Å². The summed E-state index contributed by atoms with van der Waals surface area (Å²) in [6.45, 7) is 3.61. The highest BCUT2D eigenvalue weighted by molar-refractivity contribution is 5.91. The summed E-state index contributed by atoms with van der Waals surface area (Å²) >= 11 is 0. The fourth-order valence-corrected chi connectivity index (χ4v) is 1.53. The van der Waals surface area contributed by atoms with E-state index in [1.807, 2.05) is 0 Å². The second kappa shape index (κ2) is 5.73. The van der Waals surface area contributed by atoms with Crippen molar-refractivity contribution in [3.05, 3.63) is 18.2 Å². The van der Waals surface area contributed by atoms with Gasteiger partial charge in [0, 0.05) is 23.7 Å². The molecule has 1 aromatic rings. The molecule has 5 nitrogen and oxygen atoms in total. The maximum atomic E-state index is 11.7. The van der Waals surface area contributed by atoms with Crippen LogP contribution in [0.3, 0.4) is 0 Å². The van der Waals surface area contributed by atoms with E-state index in [1.54, 1.807) is 46.3 Å². The summed E-state index contributed by atoms with van der Waals surface area (Å²) < 4.78 is 10.3. The molecule has 0 atom stereocenters. The number of methoxy groups -OCH3 is 2. The minimum absolute atomic E-state index is 0.130. The van der Waals surface area contributed by atoms with Crippen LogP contribution in [0.1, 0.15) is 20.3 Å². The highest BCUT2D eigenvalue weighted by Crippen LogP contribution is 2.29. The molecule has 1 aromatic carbocycles. The summed E-state index contributed by atoms with van der Waals surface area (Å²) in [5.41, 5.74) is 5.91. The van der Waals surface area contributed by atoms with Gasteiger partial charge in [0.05, 0.1) is 14.2 Å². The van der Waals surface area contributed by atoms with Crippen LogP contribution in [0.15, 0.2) is 18.2 Å². The molecule has 0 bridgehead atoms. The van der Waals surface area contributed by atoms with Crippen LogP contribution in [0, 0.1) is 0 Å². The number of ether oxygens (including phenoxy) is 2. The minimum Gasteiger partial charge on any atom is -0.493 e. The van der Waals surface area contributed by atoms with E-state index in [9.17, 15) is 4.79 Å². The van der Waals surface area contributed by atoms with Crippen molar-refractivity contribution in [3.8, 4) is 11.5 Å². The van der Waals surface area contributed by atoms with Crippen molar-refractivity contribution in [3.63, 3.8) is 0 Å². The van der Waals surface area contributed by atoms with Gasteiger partial charge in [-0.2, -0.15) is 0 Å². The minimum atomic E-state index is -0.527. The number of amides is 1. The molecule has 1 amide bonds. The van der Waals surface area contributed by atoms with Gasteiger partial charge >= 0.3 is 0 Å². The smallest absolute Gasteiger partial charge is 0.226 e. The van der Waals surface area contributed by atoms with E-state index in [1.165, 1.54) is 0 Å². The van der Waals surface area contributed by atoms with Crippen LogP contribution in [0.5, 0.6) is 11.5 Å². The third-order valence-electron chi connectivity index (χ3n) is 2.28. The molecule has 0 aliphatic rings. The predicted molar refractivity (Wildman–Crippen MR) is 71.1 cm³/mol. The third kappa shape index (κ3) is 4.25. The molecule has 0 aliphatic heterocycles. The fourth-order valence-electron chi connectivity index (χ4n) is 1.53. The number of nitrogens with two attached hydrogens (primary N) is 1. The van der Waals surface area contributed by atoms with Crippen molar-refractivity contribution >= 4 is 11.6 Å². The molecule has 100 valence electrons.